The van der Waals surface area contributed by atoms with E-state index in [2.05, 4.69) is 11.8 Å². The maximum Gasteiger partial charge on any atom is 0.0466 e. The molecule has 0 aromatic carbocycles. The van der Waals surface area contributed by atoms with Gasteiger partial charge in [-0.05, 0) is 26.7 Å². The van der Waals surface area contributed by atoms with Crippen molar-refractivity contribution in [1.29, 1.82) is 0 Å². The van der Waals surface area contributed by atoms with Crippen LogP contribution in [0.4, 0.5) is 0 Å². The fourth-order valence-electron chi connectivity index (χ4n) is 0.687. The van der Waals surface area contributed by atoms with Crippen molar-refractivity contribution < 1.29 is 4.74 Å². The molecule has 0 saturated carbocycles. The van der Waals surface area contributed by atoms with E-state index in [4.69, 9.17) is 4.74 Å². The molecule has 0 N–H and O–H groups in total. The van der Waals surface area contributed by atoms with E-state index in [-0.39, 0.29) is 0 Å². The summed E-state index contributed by atoms with van der Waals surface area (Å²) in [5.41, 5.74) is 0. The number of unbranched alkanes of at least 4 members (excludes halogenated alkanes) is 2. The summed E-state index contributed by atoms with van der Waals surface area (Å²) in [6.45, 7) is 5.62. The lowest BCUT2D eigenvalue weighted by molar-refractivity contribution is 0.144. The zero-order valence-electron chi connectivity index (χ0n) is 6.94. The molecule has 1 heteroatoms. The molecule has 10 heavy (non-hydrogen) atoms. The fraction of sp³-hybridized carbons (Fsp3) is 0.778. The molecule has 0 saturated heterocycles. The average Bonchev–Trinajstić information content (AvgIpc) is 1.97. The van der Waals surface area contributed by atoms with Gasteiger partial charge in [0.1, 0.15) is 0 Å². The number of rotatable bonds is 5. The minimum Gasteiger partial charge on any atom is -0.382 e. The Bertz CT molecular complexity index is 108. The Balaban J connectivity index is 2.82. The van der Waals surface area contributed by atoms with Crippen LogP contribution >= 0.6 is 0 Å². The molecule has 0 rings (SSSR count). The van der Waals surface area contributed by atoms with Gasteiger partial charge in [0.25, 0.3) is 0 Å². The van der Waals surface area contributed by atoms with Crippen LogP contribution in [0.3, 0.4) is 0 Å². The zero-order valence-corrected chi connectivity index (χ0v) is 6.94. The van der Waals surface area contributed by atoms with Crippen molar-refractivity contribution in [3.63, 3.8) is 0 Å². The van der Waals surface area contributed by atoms with E-state index in [1.54, 1.807) is 0 Å². The maximum atomic E-state index is 5.17. The highest BCUT2D eigenvalue weighted by Crippen LogP contribution is 1.93. The Morgan fingerprint density at radius 3 is 2.70 bits per heavy atom. The van der Waals surface area contributed by atoms with E-state index in [0.717, 1.165) is 26.1 Å². The van der Waals surface area contributed by atoms with E-state index in [1.807, 2.05) is 13.8 Å². The monoisotopic (exact) mass is 140 g/mol. The van der Waals surface area contributed by atoms with Crippen LogP contribution in [0, 0.1) is 11.8 Å². The summed E-state index contributed by atoms with van der Waals surface area (Å²) < 4.78 is 5.17. The minimum atomic E-state index is 0.833. The summed E-state index contributed by atoms with van der Waals surface area (Å²) in [4.78, 5) is 0. The van der Waals surface area contributed by atoms with Gasteiger partial charge < -0.3 is 4.74 Å². The molecule has 0 amide bonds. The SMILES string of the molecule is CC#CCCCCOCC. The highest BCUT2D eigenvalue weighted by molar-refractivity contribution is 4.94. The predicted octanol–water partition coefficient (Wildman–Crippen LogP) is 2.22. The summed E-state index contributed by atoms with van der Waals surface area (Å²) in [5, 5.41) is 0. The molecule has 0 atom stereocenters. The van der Waals surface area contributed by atoms with Gasteiger partial charge in [-0.15, -0.1) is 11.8 Å². The fourth-order valence-corrected chi connectivity index (χ4v) is 0.687. The molecule has 0 heterocycles. The molecule has 0 fully saturated rings. The van der Waals surface area contributed by atoms with E-state index < -0.39 is 0 Å². The van der Waals surface area contributed by atoms with Gasteiger partial charge in [-0.1, -0.05) is 0 Å². The van der Waals surface area contributed by atoms with Crippen LogP contribution in [0.1, 0.15) is 33.1 Å². The van der Waals surface area contributed by atoms with Crippen LogP contribution in [0.2, 0.25) is 0 Å². The summed E-state index contributed by atoms with van der Waals surface area (Å²) in [5.74, 6) is 5.89. The second-order valence-electron chi connectivity index (χ2n) is 2.08. The molecular formula is C9H16O. The van der Waals surface area contributed by atoms with Gasteiger partial charge in [-0.3, -0.25) is 0 Å². The molecule has 0 spiro atoms. The van der Waals surface area contributed by atoms with Gasteiger partial charge in [-0.25, -0.2) is 0 Å². The second-order valence-corrected chi connectivity index (χ2v) is 2.08. The van der Waals surface area contributed by atoms with Crippen molar-refractivity contribution in [2.24, 2.45) is 0 Å². The predicted molar refractivity (Wildman–Crippen MR) is 43.8 cm³/mol. The summed E-state index contributed by atoms with van der Waals surface area (Å²) >= 11 is 0. The molecular weight excluding hydrogens is 124 g/mol. The molecule has 1 nitrogen and oxygen atoms in total. The van der Waals surface area contributed by atoms with Crippen LogP contribution in [-0.4, -0.2) is 13.2 Å². The topological polar surface area (TPSA) is 9.23 Å². The average molecular weight is 140 g/mol. The molecule has 0 aromatic heterocycles. The van der Waals surface area contributed by atoms with E-state index in [1.165, 1.54) is 6.42 Å². The molecule has 0 aromatic rings. The van der Waals surface area contributed by atoms with Gasteiger partial charge in [0.15, 0.2) is 0 Å². The van der Waals surface area contributed by atoms with E-state index >= 15 is 0 Å². The first-order valence-corrected chi connectivity index (χ1v) is 3.89. The van der Waals surface area contributed by atoms with E-state index in [9.17, 15) is 0 Å². The lowest BCUT2D eigenvalue weighted by Crippen LogP contribution is -1.92. The molecule has 58 valence electrons. The zero-order chi connectivity index (χ0) is 7.66. The Kier molecular flexibility index (Phi) is 8.11. The number of hydrogen-bond acceptors (Lipinski definition) is 1. The van der Waals surface area contributed by atoms with Crippen molar-refractivity contribution in [3.05, 3.63) is 0 Å². The molecule has 0 bridgehead atoms. The van der Waals surface area contributed by atoms with Gasteiger partial charge in [-0.2, -0.15) is 0 Å². The van der Waals surface area contributed by atoms with E-state index in [0.29, 0.717) is 0 Å². The van der Waals surface area contributed by atoms with Crippen molar-refractivity contribution in [3.8, 4) is 11.8 Å². The Hall–Kier alpha value is -0.480. The Labute approximate surface area is 63.8 Å². The lowest BCUT2D eigenvalue weighted by atomic mass is 10.2. The van der Waals surface area contributed by atoms with Crippen molar-refractivity contribution in [2.45, 2.75) is 33.1 Å². The van der Waals surface area contributed by atoms with Crippen molar-refractivity contribution in [1.82, 2.24) is 0 Å². The normalized spacial score (nSPS) is 8.60. The molecule has 0 unspecified atom stereocenters. The molecule has 0 aliphatic heterocycles. The first-order chi connectivity index (χ1) is 4.91. The van der Waals surface area contributed by atoms with Crippen molar-refractivity contribution >= 4 is 0 Å². The van der Waals surface area contributed by atoms with Crippen molar-refractivity contribution in [2.75, 3.05) is 13.2 Å². The van der Waals surface area contributed by atoms with Gasteiger partial charge >= 0.3 is 0 Å². The van der Waals surface area contributed by atoms with Gasteiger partial charge in [0.05, 0.1) is 0 Å². The number of ether oxygens (including phenoxy) is 1. The second kappa shape index (κ2) is 8.52. The largest absolute Gasteiger partial charge is 0.382 e. The summed E-state index contributed by atoms with van der Waals surface area (Å²) in [6.07, 6.45) is 3.33. The molecule has 0 aliphatic carbocycles. The first kappa shape index (κ1) is 9.52. The maximum absolute atomic E-state index is 5.17. The standard InChI is InChI=1S/C9H16O/c1-3-5-6-7-8-9-10-4-2/h4,6-9H2,1-2H3. The lowest BCUT2D eigenvalue weighted by Gasteiger charge is -1.96. The smallest absolute Gasteiger partial charge is 0.0466 e. The van der Waals surface area contributed by atoms with Crippen LogP contribution in [-0.2, 0) is 4.74 Å². The summed E-state index contributed by atoms with van der Waals surface area (Å²) in [6, 6.07) is 0. The minimum absolute atomic E-state index is 0.833. The highest BCUT2D eigenvalue weighted by Gasteiger charge is 1.84. The quantitative estimate of drug-likeness (QED) is 0.420. The Morgan fingerprint density at radius 1 is 1.30 bits per heavy atom. The van der Waals surface area contributed by atoms with Crippen LogP contribution < -0.4 is 0 Å². The highest BCUT2D eigenvalue weighted by atomic mass is 16.5. The van der Waals surface area contributed by atoms with Crippen LogP contribution in [0.5, 0.6) is 0 Å². The molecule has 0 aliphatic rings. The van der Waals surface area contributed by atoms with Crippen LogP contribution in [0.15, 0.2) is 0 Å². The third kappa shape index (κ3) is 7.52. The van der Waals surface area contributed by atoms with Crippen LogP contribution in [0.25, 0.3) is 0 Å². The summed E-state index contributed by atoms with van der Waals surface area (Å²) in [7, 11) is 0. The Morgan fingerprint density at radius 2 is 2.10 bits per heavy atom. The first-order valence-electron chi connectivity index (χ1n) is 3.89. The molecule has 0 radical (unpaired) electrons. The van der Waals surface area contributed by atoms with Gasteiger partial charge in [0.2, 0.25) is 0 Å². The third-order valence-corrected chi connectivity index (χ3v) is 1.22. The third-order valence-electron chi connectivity index (χ3n) is 1.22. The van der Waals surface area contributed by atoms with Gasteiger partial charge in [0, 0.05) is 19.6 Å². The number of hydrogen-bond donors (Lipinski definition) is 0.